The Morgan fingerprint density at radius 1 is 1.03 bits per heavy atom. The summed E-state index contributed by atoms with van der Waals surface area (Å²) in [6, 6.07) is 16.3. The van der Waals surface area contributed by atoms with Crippen LogP contribution in [0.3, 0.4) is 0 Å². The molecule has 1 unspecified atom stereocenters. The van der Waals surface area contributed by atoms with Gasteiger partial charge < -0.3 is 10.1 Å². The molecule has 0 saturated carbocycles. The summed E-state index contributed by atoms with van der Waals surface area (Å²) < 4.78 is 32.7. The Hall–Kier alpha value is -2.26. The molecule has 31 heavy (non-hydrogen) atoms. The van der Waals surface area contributed by atoms with E-state index in [4.69, 9.17) is 4.74 Å². The molecule has 1 N–H and O–H groups in total. The van der Waals surface area contributed by atoms with Crippen molar-refractivity contribution in [2.24, 2.45) is 5.92 Å². The van der Waals surface area contributed by atoms with E-state index in [2.05, 4.69) is 16.3 Å². The standard InChI is InChI=1S/C23H29N3O4S/c27-23(24-21-8-4-6-19(16-21)17-25-12-14-30-15-13-25)20-7-5-11-26(18-20)31(28,29)22-9-2-1-3-10-22/h1-4,6,8-10,16,20H,5,7,11-15,17-18H2,(H,24,27). The van der Waals surface area contributed by atoms with Crippen molar-refractivity contribution in [3.8, 4) is 0 Å². The minimum atomic E-state index is -3.59. The molecule has 4 rings (SSSR count). The van der Waals surface area contributed by atoms with Crippen molar-refractivity contribution in [1.29, 1.82) is 0 Å². The number of hydrogen-bond donors (Lipinski definition) is 1. The average Bonchev–Trinajstić information content (AvgIpc) is 2.81. The maximum absolute atomic E-state index is 12.9. The minimum Gasteiger partial charge on any atom is -0.379 e. The number of amides is 1. The number of sulfonamides is 1. The van der Waals surface area contributed by atoms with Crippen LogP contribution >= 0.6 is 0 Å². The number of nitrogens with one attached hydrogen (secondary N) is 1. The van der Waals surface area contributed by atoms with Gasteiger partial charge in [-0.3, -0.25) is 9.69 Å². The predicted octanol–water partition coefficient (Wildman–Crippen LogP) is 2.56. The molecule has 2 aliphatic heterocycles. The molecule has 2 saturated heterocycles. The maximum atomic E-state index is 12.9. The molecule has 1 amide bonds. The van der Waals surface area contributed by atoms with Crippen molar-refractivity contribution >= 4 is 21.6 Å². The normalized spacial score (nSPS) is 21.0. The number of morpholine rings is 1. The number of piperidine rings is 1. The SMILES string of the molecule is O=C(Nc1cccc(CN2CCOCC2)c1)C1CCCN(S(=O)(=O)c2ccccc2)C1. The van der Waals surface area contributed by atoms with E-state index in [9.17, 15) is 13.2 Å². The summed E-state index contributed by atoms with van der Waals surface area (Å²) in [5, 5.41) is 3.00. The molecule has 2 aromatic carbocycles. The van der Waals surface area contributed by atoms with Gasteiger partial charge in [0.2, 0.25) is 15.9 Å². The number of anilines is 1. The highest BCUT2D eigenvalue weighted by atomic mass is 32.2. The van der Waals surface area contributed by atoms with Crippen molar-refractivity contribution < 1.29 is 17.9 Å². The summed E-state index contributed by atoms with van der Waals surface area (Å²) >= 11 is 0. The first kappa shape index (κ1) is 22.0. The predicted molar refractivity (Wildman–Crippen MR) is 119 cm³/mol. The molecule has 0 aliphatic carbocycles. The van der Waals surface area contributed by atoms with E-state index < -0.39 is 10.0 Å². The van der Waals surface area contributed by atoms with E-state index in [0.29, 0.717) is 19.4 Å². The van der Waals surface area contributed by atoms with Gasteiger partial charge in [-0.25, -0.2) is 8.42 Å². The summed E-state index contributed by atoms with van der Waals surface area (Å²) in [5.41, 5.74) is 1.88. The summed E-state index contributed by atoms with van der Waals surface area (Å²) in [6.07, 6.45) is 1.35. The lowest BCUT2D eigenvalue weighted by Crippen LogP contribution is -2.43. The summed E-state index contributed by atoms with van der Waals surface area (Å²) in [7, 11) is -3.59. The van der Waals surface area contributed by atoms with Crippen LogP contribution in [0.15, 0.2) is 59.5 Å². The molecule has 0 spiro atoms. The summed E-state index contributed by atoms with van der Waals surface area (Å²) in [6.45, 7) is 4.78. The maximum Gasteiger partial charge on any atom is 0.243 e. The van der Waals surface area contributed by atoms with Crippen LogP contribution in [0, 0.1) is 5.92 Å². The molecule has 0 bridgehead atoms. The molecule has 2 aliphatic rings. The van der Waals surface area contributed by atoms with E-state index in [1.807, 2.05) is 18.2 Å². The molecular formula is C23H29N3O4S. The van der Waals surface area contributed by atoms with Gasteiger partial charge in [-0.2, -0.15) is 4.31 Å². The first-order chi connectivity index (χ1) is 15.0. The third kappa shape index (κ3) is 5.51. The van der Waals surface area contributed by atoms with Gasteiger partial charge in [0, 0.05) is 38.4 Å². The Balaban J connectivity index is 1.39. The largest absolute Gasteiger partial charge is 0.379 e. The van der Waals surface area contributed by atoms with Crippen molar-refractivity contribution in [1.82, 2.24) is 9.21 Å². The Labute approximate surface area is 184 Å². The van der Waals surface area contributed by atoms with Crippen LogP contribution in [0.2, 0.25) is 0 Å². The number of benzene rings is 2. The van der Waals surface area contributed by atoms with Gasteiger partial charge in [0.25, 0.3) is 0 Å². The quantitative estimate of drug-likeness (QED) is 0.742. The molecule has 8 heteroatoms. The van der Waals surface area contributed by atoms with Crippen molar-refractivity contribution in [3.63, 3.8) is 0 Å². The lowest BCUT2D eigenvalue weighted by Gasteiger charge is -2.31. The average molecular weight is 444 g/mol. The van der Waals surface area contributed by atoms with Gasteiger partial charge in [0.1, 0.15) is 0 Å². The van der Waals surface area contributed by atoms with Gasteiger partial charge in [0.05, 0.1) is 24.0 Å². The fourth-order valence-electron chi connectivity index (χ4n) is 4.13. The number of carbonyl (C=O) groups excluding carboxylic acids is 1. The molecule has 2 fully saturated rings. The monoisotopic (exact) mass is 443 g/mol. The fraction of sp³-hybridized carbons (Fsp3) is 0.435. The Kier molecular flexibility index (Phi) is 7.02. The second-order valence-electron chi connectivity index (χ2n) is 8.09. The zero-order valence-electron chi connectivity index (χ0n) is 17.6. The number of ether oxygens (including phenoxy) is 1. The van der Waals surface area contributed by atoms with Crippen LogP contribution in [0.25, 0.3) is 0 Å². The Morgan fingerprint density at radius 3 is 2.58 bits per heavy atom. The van der Waals surface area contributed by atoms with Gasteiger partial charge in [-0.05, 0) is 42.7 Å². The molecular weight excluding hydrogens is 414 g/mol. The number of hydrogen-bond acceptors (Lipinski definition) is 5. The van der Waals surface area contributed by atoms with E-state index in [-0.39, 0.29) is 23.3 Å². The third-order valence-electron chi connectivity index (χ3n) is 5.84. The molecule has 0 aromatic heterocycles. The lowest BCUT2D eigenvalue weighted by atomic mass is 9.98. The highest BCUT2D eigenvalue weighted by molar-refractivity contribution is 7.89. The zero-order valence-corrected chi connectivity index (χ0v) is 18.4. The van der Waals surface area contributed by atoms with Crippen LogP contribution < -0.4 is 5.32 Å². The minimum absolute atomic E-state index is 0.128. The zero-order chi connectivity index (χ0) is 21.7. The van der Waals surface area contributed by atoms with Crippen LogP contribution in [0.5, 0.6) is 0 Å². The van der Waals surface area contributed by atoms with Crippen molar-refractivity contribution in [2.45, 2.75) is 24.3 Å². The van der Waals surface area contributed by atoms with Gasteiger partial charge in [-0.15, -0.1) is 0 Å². The van der Waals surface area contributed by atoms with E-state index in [1.54, 1.807) is 30.3 Å². The second-order valence-corrected chi connectivity index (χ2v) is 10.0. The highest BCUT2D eigenvalue weighted by Gasteiger charge is 2.33. The van der Waals surface area contributed by atoms with Crippen molar-refractivity contribution in [3.05, 3.63) is 60.2 Å². The van der Waals surface area contributed by atoms with Gasteiger partial charge in [0.15, 0.2) is 0 Å². The molecule has 0 radical (unpaired) electrons. The van der Waals surface area contributed by atoms with Crippen LogP contribution in [0.4, 0.5) is 5.69 Å². The highest BCUT2D eigenvalue weighted by Crippen LogP contribution is 2.25. The van der Waals surface area contributed by atoms with Gasteiger partial charge in [-0.1, -0.05) is 30.3 Å². The van der Waals surface area contributed by atoms with Crippen LogP contribution in [0.1, 0.15) is 18.4 Å². The van der Waals surface area contributed by atoms with Crippen molar-refractivity contribution in [2.75, 3.05) is 44.7 Å². The van der Waals surface area contributed by atoms with E-state index in [1.165, 1.54) is 4.31 Å². The smallest absolute Gasteiger partial charge is 0.243 e. The van der Waals surface area contributed by atoms with E-state index >= 15 is 0 Å². The third-order valence-corrected chi connectivity index (χ3v) is 7.72. The van der Waals surface area contributed by atoms with E-state index in [0.717, 1.165) is 44.1 Å². The topological polar surface area (TPSA) is 79.0 Å². The first-order valence-corrected chi connectivity index (χ1v) is 12.2. The summed E-state index contributed by atoms with van der Waals surface area (Å²) in [4.78, 5) is 15.5. The molecule has 166 valence electrons. The molecule has 1 atom stereocenters. The molecule has 2 aromatic rings. The number of carbonyl (C=O) groups is 1. The molecule has 7 nitrogen and oxygen atoms in total. The lowest BCUT2D eigenvalue weighted by molar-refractivity contribution is -0.120. The molecule has 2 heterocycles. The number of rotatable bonds is 6. The summed E-state index contributed by atoms with van der Waals surface area (Å²) in [5.74, 6) is -0.494. The van der Waals surface area contributed by atoms with Crippen LogP contribution in [-0.2, 0) is 26.1 Å². The Morgan fingerprint density at radius 2 is 1.81 bits per heavy atom. The second kappa shape index (κ2) is 9.91. The van der Waals surface area contributed by atoms with Gasteiger partial charge >= 0.3 is 0 Å². The Bertz CT molecular complexity index is 991. The fourth-order valence-corrected chi connectivity index (χ4v) is 5.67. The first-order valence-electron chi connectivity index (χ1n) is 10.8. The number of nitrogens with zero attached hydrogens (tertiary/aromatic N) is 2. The van der Waals surface area contributed by atoms with Crippen LogP contribution in [-0.4, -0.2) is 62.9 Å².